The van der Waals surface area contributed by atoms with Gasteiger partial charge in [0, 0.05) is 40.9 Å². The number of aryl methyl sites for hydroxylation is 1. The molecule has 3 nitrogen and oxygen atoms in total. The molecular formula is C14H17BrFN3. The summed E-state index contributed by atoms with van der Waals surface area (Å²) in [5.41, 5.74) is 1.75. The first-order valence-corrected chi connectivity index (χ1v) is 6.96. The van der Waals surface area contributed by atoms with Gasteiger partial charge in [-0.25, -0.2) is 4.39 Å². The first-order chi connectivity index (χ1) is 8.97. The Labute approximate surface area is 121 Å². The quantitative estimate of drug-likeness (QED) is 0.928. The summed E-state index contributed by atoms with van der Waals surface area (Å²) in [7, 11) is 1.88. The highest BCUT2D eigenvalue weighted by molar-refractivity contribution is 9.10. The van der Waals surface area contributed by atoms with E-state index in [1.165, 1.54) is 6.07 Å². The predicted octanol–water partition coefficient (Wildman–Crippen LogP) is 3.73. The van der Waals surface area contributed by atoms with Crippen LogP contribution < -0.4 is 5.32 Å². The fourth-order valence-electron chi connectivity index (χ4n) is 2.07. The van der Waals surface area contributed by atoms with E-state index in [1.807, 2.05) is 39.4 Å². The molecule has 0 spiro atoms. The lowest BCUT2D eigenvalue weighted by Gasteiger charge is -2.20. The summed E-state index contributed by atoms with van der Waals surface area (Å²) in [6.07, 6.45) is 3.78. The molecular weight excluding hydrogens is 309 g/mol. The lowest BCUT2D eigenvalue weighted by atomic mass is 10.1. The minimum absolute atomic E-state index is 0.0762. The molecule has 1 heterocycles. The molecule has 1 aromatic carbocycles. The van der Waals surface area contributed by atoms with E-state index in [1.54, 1.807) is 10.7 Å². The minimum atomic E-state index is -0.193. The maximum absolute atomic E-state index is 13.8. The van der Waals surface area contributed by atoms with Crippen molar-refractivity contribution in [3.05, 3.63) is 52.0 Å². The fraction of sp³-hybridized carbons (Fsp3) is 0.357. The molecule has 0 saturated heterocycles. The van der Waals surface area contributed by atoms with E-state index in [0.717, 1.165) is 10.0 Å². The second-order valence-corrected chi connectivity index (χ2v) is 5.64. The highest BCUT2D eigenvalue weighted by atomic mass is 79.9. The molecule has 1 aromatic heterocycles. The molecule has 0 aliphatic carbocycles. The van der Waals surface area contributed by atoms with Crippen LogP contribution in [0, 0.1) is 5.82 Å². The van der Waals surface area contributed by atoms with Crippen LogP contribution in [0.15, 0.2) is 35.1 Å². The van der Waals surface area contributed by atoms with Crippen LogP contribution in [0.1, 0.15) is 37.1 Å². The van der Waals surface area contributed by atoms with E-state index in [2.05, 4.69) is 26.3 Å². The van der Waals surface area contributed by atoms with E-state index in [0.29, 0.717) is 5.56 Å². The minimum Gasteiger partial charge on any atom is -0.303 e. The number of nitrogens with zero attached hydrogens (tertiary/aromatic N) is 2. The van der Waals surface area contributed by atoms with Crippen LogP contribution in [0.3, 0.4) is 0 Å². The number of rotatable bonds is 4. The monoisotopic (exact) mass is 325 g/mol. The Morgan fingerprint density at radius 1 is 1.32 bits per heavy atom. The van der Waals surface area contributed by atoms with Gasteiger partial charge < -0.3 is 5.32 Å². The normalized spacial score (nSPS) is 14.4. The van der Waals surface area contributed by atoms with Crippen LogP contribution >= 0.6 is 15.9 Å². The van der Waals surface area contributed by atoms with Crippen molar-refractivity contribution in [2.24, 2.45) is 7.05 Å². The van der Waals surface area contributed by atoms with Gasteiger partial charge in [0.15, 0.2) is 0 Å². The van der Waals surface area contributed by atoms with Crippen LogP contribution in [0.2, 0.25) is 0 Å². The molecule has 2 rings (SSSR count). The highest BCUT2D eigenvalue weighted by Gasteiger charge is 2.15. The second-order valence-electron chi connectivity index (χ2n) is 4.72. The third-order valence-electron chi connectivity index (χ3n) is 3.15. The Morgan fingerprint density at radius 2 is 2.05 bits per heavy atom. The molecule has 0 aliphatic heterocycles. The first-order valence-electron chi connectivity index (χ1n) is 6.17. The lowest BCUT2D eigenvalue weighted by Crippen LogP contribution is -2.23. The largest absolute Gasteiger partial charge is 0.303 e. The van der Waals surface area contributed by atoms with E-state index in [-0.39, 0.29) is 17.9 Å². The molecule has 2 atom stereocenters. The van der Waals surface area contributed by atoms with E-state index in [9.17, 15) is 4.39 Å². The molecule has 0 aliphatic rings. The van der Waals surface area contributed by atoms with Crippen molar-refractivity contribution in [2.45, 2.75) is 25.9 Å². The summed E-state index contributed by atoms with van der Waals surface area (Å²) in [6, 6.07) is 5.03. The van der Waals surface area contributed by atoms with E-state index in [4.69, 9.17) is 0 Å². The third-order valence-corrected chi connectivity index (χ3v) is 3.64. The maximum atomic E-state index is 13.8. The van der Waals surface area contributed by atoms with Crippen molar-refractivity contribution < 1.29 is 4.39 Å². The zero-order valence-corrected chi connectivity index (χ0v) is 12.8. The molecule has 0 unspecified atom stereocenters. The Morgan fingerprint density at radius 3 is 2.68 bits per heavy atom. The molecule has 102 valence electrons. The average molecular weight is 326 g/mol. The van der Waals surface area contributed by atoms with Gasteiger partial charge in [0.1, 0.15) is 5.82 Å². The Bertz CT molecular complexity index is 568. The third kappa shape index (κ3) is 3.42. The number of halogens is 2. The Kier molecular flexibility index (Phi) is 4.37. The van der Waals surface area contributed by atoms with Gasteiger partial charge in [0.25, 0.3) is 0 Å². The lowest BCUT2D eigenvalue weighted by molar-refractivity contribution is 0.473. The molecule has 2 aromatic rings. The van der Waals surface area contributed by atoms with Crippen molar-refractivity contribution in [2.75, 3.05) is 0 Å². The standard InChI is InChI=1S/C14H17BrFN3/c1-9(11-7-17-19(3)8-11)18-10(2)13-6-12(15)4-5-14(13)16/h4-10,18H,1-3H3/t9-,10-/m0/s1. The van der Waals surface area contributed by atoms with Crippen molar-refractivity contribution >= 4 is 15.9 Å². The van der Waals surface area contributed by atoms with Gasteiger partial charge in [0.05, 0.1) is 6.20 Å². The highest BCUT2D eigenvalue weighted by Crippen LogP contribution is 2.24. The molecule has 0 saturated carbocycles. The zero-order valence-electron chi connectivity index (χ0n) is 11.2. The molecule has 1 N–H and O–H groups in total. The van der Waals surface area contributed by atoms with Gasteiger partial charge in [-0.15, -0.1) is 0 Å². The van der Waals surface area contributed by atoms with Crippen molar-refractivity contribution in [3.8, 4) is 0 Å². The van der Waals surface area contributed by atoms with Gasteiger partial charge in [-0.1, -0.05) is 15.9 Å². The summed E-state index contributed by atoms with van der Waals surface area (Å²) < 4.78 is 16.4. The van der Waals surface area contributed by atoms with Gasteiger partial charge in [-0.2, -0.15) is 5.10 Å². The molecule has 19 heavy (non-hydrogen) atoms. The Balaban J connectivity index is 2.12. The van der Waals surface area contributed by atoms with Crippen molar-refractivity contribution in [3.63, 3.8) is 0 Å². The number of hydrogen-bond acceptors (Lipinski definition) is 2. The average Bonchev–Trinajstić information content (AvgIpc) is 2.79. The smallest absolute Gasteiger partial charge is 0.128 e. The number of benzene rings is 1. The van der Waals surface area contributed by atoms with Gasteiger partial charge >= 0.3 is 0 Å². The van der Waals surface area contributed by atoms with Gasteiger partial charge in [-0.05, 0) is 32.0 Å². The first kappa shape index (κ1) is 14.2. The second kappa shape index (κ2) is 5.84. The summed E-state index contributed by atoms with van der Waals surface area (Å²) in [4.78, 5) is 0. The molecule has 0 radical (unpaired) electrons. The molecule has 0 bridgehead atoms. The predicted molar refractivity (Wildman–Crippen MR) is 77.3 cm³/mol. The molecule has 0 fully saturated rings. The van der Waals surface area contributed by atoms with Crippen LogP contribution in [-0.2, 0) is 7.05 Å². The van der Waals surface area contributed by atoms with Crippen LogP contribution in [-0.4, -0.2) is 9.78 Å². The van der Waals surface area contributed by atoms with Gasteiger partial charge in [-0.3, -0.25) is 4.68 Å². The topological polar surface area (TPSA) is 29.9 Å². The number of aromatic nitrogens is 2. The van der Waals surface area contributed by atoms with Crippen molar-refractivity contribution in [1.82, 2.24) is 15.1 Å². The van der Waals surface area contributed by atoms with E-state index >= 15 is 0 Å². The van der Waals surface area contributed by atoms with Gasteiger partial charge in [0.2, 0.25) is 0 Å². The van der Waals surface area contributed by atoms with E-state index < -0.39 is 0 Å². The number of hydrogen-bond donors (Lipinski definition) is 1. The van der Waals surface area contributed by atoms with Crippen LogP contribution in [0.5, 0.6) is 0 Å². The summed E-state index contributed by atoms with van der Waals surface area (Å²) >= 11 is 3.37. The van der Waals surface area contributed by atoms with Crippen LogP contribution in [0.4, 0.5) is 4.39 Å². The SMILES string of the molecule is C[C@H](N[C@@H](C)c1cc(Br)ccc1F)c1cnn(C)c1. The Hall–Kier alpha value is -1.20. The number of nitrogens with one attached hydrogen (secondary N) is 1. The fourth-order valence-corrected chi connectivity index (χ4v) is 2.45. The van der Waals surface area contributed by atoms with Crippen LogP contribution in [0.25, 0.3) is 0 Å². The zero-order chi connectivity index (χ0) is 14.0. The van der Waals surface area contributed by atoms with Crippen molar-refractivity contribution in [1.29, 1.82) is 0 Å². The molecule has 0 amide bonds. The molecule has 5 heteroatoms. The summed E-state index contributed by atoms with van der Waals surface area (Å²) in [5.74, 6) is -0.193. The maximum Gasteiger partial charge on any atom is 0.128 e. The summed E-state index contributed by atoms with van der Waals surface area (Å²) in [6.45, 7) is 4.00. The summed E-state index contributed by atoms with van der Waals surface area (Å²) in [5, 5.41) is 7.52.